The van der Waals surface area contributed by atoms with Crippen molar-refractivity contribution >= 4 is 0 Å². The average molecular weight is 272 g/mol. The molecule has 0 amide bonds. The van der Waals surface area contributed by atoms with Crippen molar-refractivity contribution in [2.45, 2.75) is 71.9 Å². The third kappa shape index (κ3) is 9.42. The van der Waals surface area contributed by atoms with Gasteiger partial charge in [0.15, 0.2) is 0 Å². The molecule has 1 N–H and O–H groups in total. The number of hydrogen-bond acceptors (Lipinski definition) is 3. The van der Waals surface area contributed by atoms with Gasteiger partial charge < -0.3 is 10.1 Å². The highest BCUT2D eigenvalue weighted by molar-refractivity contribution is 4.70. The highest BCUT2D eigenvalue weighted by Gasteiger charge is 2.14. The maximum atomic E-state index is 5.24. The van der Waals surface area contributed by atoms with Gasteiger partial charge in [0.2, 0.25) is 0 Å². The summed E-state index contributed by atoms with van der Waals surface area (Å²) in [6, 6.07) is 1.36. The van der Waals surface area contributed by atoms with E-state index < -0.39 is 0 Å². The fraction of sp³-hybridized carbons (Fsp3) is 1.00. The summed E-state index contributed by atoms with van der Waals surface area (Å²) in [4.78, 5) is 2.61. The Kier molecular flexibility index (Phi) is 12.8. The number of hydrogen-bond donors (Lipinski definition) is 1. The van der Waals surface area contributed by atoms with Crippen molar-refractivity contribution in [3.8, 4) is 0 Å². The Morgan fingerprint density at radius 3 is 2.32 bits per heavy atom. The van der Waals surface area contributed by atoms with E-state index >= 15 is 0 Å². The summed E-state index contributed by atoms with van der Waals surface area (Å²) < 4.78 is 5.24. The molecule has 0 aliphatic carbocycles. The minimum Gasteiger partial charge on any atom is -0.383 e. The molecule has 0 aromatic rings. The van der Waals surface area contributed by atoms with Crippen molar-refractivity contribution in [2.75, 3.05) is 33.4 Å². The van der Waals surface area contributed by atoms with Crippen LogP contribution in [0.25, 0.3) is 0 Å². The first-order valence-electron chi connectivity index (χ1n) is 8.15. The van der Waals surface area contributed by atoms with Gasteiger partial charge in [-0.1, -0.05) is 20.8 Å². The van der Waals surface area contributed by atoms with Crippen LogP contribution in [0.15, 0.2) is 0 Å². The molecule has 3 heteroatoms. The van der Waals surface area contributed by atoms with Crippen molar-refractivity contribution < 1.29 is 4.74 Å². The second kappa shape index (κ2) is 12.9. The zero-order valence-corrected chi connectivity index (χ0v) is 13.9. The minimum atomic E-state index is 0.644. The Balaban J connectivity index is 3.96. The van der Waals surface area contributed by atoms with Gasteiger partial charge in [0.05, 0.1) is 6.61 Å². The maximum Gasteiger partial charge on any atom is 0.0589 e. The number of nitrogens with one attached hydrogen (secondary N) is 1. The second-order valence-corrected chi connectivity index (χ2v) is 5.50. The van der Waals surface area contributed by atoms with E-state index in [4.69, 9.17) is 4.74 Å². The first-order chi connectivity index (χ1) is 9.19. The molecular formula is C16H36N2O. The Morgan fingerprint density at radius 2 is 1.79 bits per heavy atom. The lowest BCUT2D eigenvalue weighted by molar-refractivity contribution is 0.113. The Morgan fingerprint density at radius 1 is 1.11 bits per heavy atom. The predicted molar refractivity (Wildman–Crippen MR) is 84.8 cm³/mol. The lowest BCUT2D eigenvalue weighted by Crippen LogP contribution is -2.38. The molecule has 0 saturated heterocycles. The summed E-state index contributed by atoms with van der Waals surface area (Å²) in [7, 11) is 1.79. The van der Waals surface area contributed by atoms with Gasteiger partial charge in [-0.15, -0.1) is 0 Å². The van der Waals surface area contributed by atoms with Crippen LogP contribution in [0.5, 0.6) is 0 Å². The third-order valence-electron chi connectivity index (χ3n) is 3.87. The summed E-state index contributed by atoms with van der Waals surface area (Å²) in [6.07, 6.45) is 6.24. The molecule has 116 valence electrons. The molecule has 0 rings (SSSR count). The molecule has 1 atom stereocenters. The zero-order chi connectivity index (χ0) is 14.5. The topological polar surface area (TPSA) is 24.5 Å². The summed E-state index contributed by atoms with van der Waals surface area (Å²) in [5.41, 5.74) is 0. The molecule has 1 unspecified atom stereocenters. The highest BCUT2D eigenvalue weighted by atomic mass is 16.5. The van der Waals surface area contributed by atoms with Crippen LogP contribution >= 0.6 is 0 Å². The quantitative estimate of drug-likeness (QED) is 0.557. The Hall–Kier alpha value is -0.120. The SMILES string of the molecule is CCCNC(C)CCCN(CCOC)C(CC)CC. The highest BCUT2D eigenvalue weighted by Crippen LogP contribution is 2.10. The van der Waals surface area contributed by atoms with Gasteiger partial charge in [-0.05, 0) is 52.1 Å². The standard InChI is InChI=1S/C16H36N2O/c1-6-11-17-15(4)10-9-12-18(13-14-19-5)16(7-2)8-3/h15-17H,6-14H2,1-5H3. The van der Waals surface area contributed by atoms with Crippen LogP contribution in [0.1, 0.15) is 59.8 Å². The lowest BCUT2D eigenvalue weighted by atomic mass is 10.1. The number of rotatable bonds is 13. The largest absolute Gasteiger partial charge is 0.383 e. The van der Waals surface area contributed by atoms with Crippen molar-refractivity contribution in [2.24, 2.45) is 0 Å². The maximum absolute atomic E-state index is 5.24. The van der Waals surface area contributed by atoms with Crippen molar-refractivity contribution in [3.63, 3.8) is 0 Å². The van der Waals surface area contributed by atoms with Crippen LogP contribution < -0.4 is 5.32 Å². The van der Waals surface area contributed by atoms with Gasteiger partial charge >= 0.3 is 0 Å². The van der Waals surface area contributed by atoms with E-state index in [9.17, 15) is 0 Å². The third-order valence-corrected chi connectivity index (χ3v) is 3.87. The van der Waals surface area contributed by atoms with Crippen LogP contribution in [0.2, 0.25) is 0 Å². The van der Waals surface area contributed by atoms with Crippen LogP contribution in [-0.4, -0.2) is 50.3 Å². The van der Waals surface area contributed by atoms with E-state index in [-0.39, 0.29) is 0 Å². The lowest BCUT2D eigenvalue weighted by Gasteiger charge is -2.30. The van der Waals surface area contributed by atoms with E-state index in [0.29, 0.717) is 12.1 Å². The van der Waals surface area contributed by atoms with Crippen LogP contribution in [0.3, 0.4) is 0 Å². The summed E-state index contributed by atoms with van der Waals surface area (Å²) in [5, 5.41) is 3.56. The molecule has 0 radical (unpaired) electrons. The average Bonchev–Trinajstić information content (AvgIpc) is 2.43. The molecule has 19 heavy (non-hydrogen) atoms. The number of ether oxygens (including phenoxy) is 1. The van der Waals surface area contributed by atoms with E-state index in [1.165, 1.54) is 38.6 Å². The summed E-state index contributed by atoms with van der Waals surface area (Å²) >= 11 is 0. The van der Waals surface area contributed by atoms with Gasteiger partial charge in [0, 0.05) is 25.7 Å². The van der Waals surface area contributed by atoms with Gasteiger partial charge in [0.1, 0.15) is 0 Å². The van der Waals surface area contributed by atoms with Gasteiger partial charge in [-0.25, -0.2) is 0 Å². The van der Waals surface area contributed by atoms with Crippen molar-refractivity contribution in [3.05, 3.63) is 0 Å². The molecule has 3 nitrogen and oxygen atoms in total. The minimum absolute atomic E-state index is 0.644. The first-order valence-corrected chi connectivity index (χ1v) is 8.15. The molecule has 0 heterocycles. The monoisotopic (exact) mass is 272 g/mol. The van der Waals surface area contributed by atoms with Crippen LogP contribution in [-0.2, 0) is 4.74 Å². The molecule has 0 aromatic heterocycles. The van der Waals surface area contributed by atoms with E-state index in [2.05, 4.69) is 37.9 Å². The van der Waals surface area contributed by atoms with Crippen molar-refractivity contribution in [1.29, 1.82) is 0 Å². The van der Waals surface area contributed by atoms with Crippen LogP contribution in [0, 0.1) is 0 Å². The second-order valence-electron chi connectivity index (χ2n) is 5.50. The number of methoxy groups -OCH3 is 1. The van der Waals surface area contributed by atoms with Gasteiger partial charge in [-0.3, -0.25) is 4.90 Å². The molecule has 0 bridgehead atoms. The fourth-order valence-electron chi connectivity index (χ4n) is 2.58. The van der Waals surface area contributed by atoms with Crippen LogP contribution in [0.4, 0.5) is 0 Å². The Bertz CT molecular complexity index is 184. The zero-order valence-electron chi connectivity index (χ0n) is 13.9. The first kappa shape index (κ1) is 18.9. The Labute approximate surface area is 121 Å². The number of nitrogens with zero attached hydrogens (tertiary/aromatic N) is 1. The van der Waals surface area contributed by atoms with E-state index in [1.807, 2.05) is 0 Å². The molecule has 0 aliphatic heterocycles. The molecule has 0 saturated carbocycles. The summed E-state index contributed by atoms with van der Waals surface area (Å²) in [6.45, 7) is 13.4. The van der Waals surface area contributed by atoms with Crippen molar-refractivity contribution in [1.82, 2.24) is 10.2 Å². The fourth-order valence-corrected chi connectivity index (χ4v) is 2.58. The van der Waals surface area contributed by atoms with E-state index in [1.54, 1.807) is 7.11 Å². The normalized spacial score (nSPS) is 13.4. The van der Waals surface area contributed by atoms with Gasteiger partial charge in [-0.2, -0.15) is 0 Å². The molecule has 0 aromatic carbocycles. The molecule has 0 spiro atoms. The molecule has 0 fully saturated rings. The molecule has 0 aliphatic rings. The molecular weight excluding hydrogens is 236 g/mol. The predicted octanol–water partition coefficient (Wildman–Crippen LogP) is 3.29. The van der Waals surface area contributed by atoms with E-state index in [0.717, 1.165) is 19.7 Å². The summed E-state index contributed by atoms with van der Waals surface area (Å²) in [5.74, 6) is 0. The smallest absolute Gasteiger partial charge is 0.0589 e. The van der Waals surface area contributed by atoms with Gasteiger partial charge in [0.25, 0.3) is 0 Å².